The molecule has 2 amide bonds. The van der Waals surface area contributed by atoms with Gasteiger partial charge in [0.05, 0.1) is 12.5 Å². The molecule has 0 spiro atoms. The molecule has 9 heteroatoms. The van der Waals surface area contributed by atoms with Gasteiger partial charge >= 0.3 is 6.09 Å². The van der Waals surface area contributed by atoms with Crippen LogP contribution in [0, 0.1) is 17.6 Å². The van der Waals surface area contributed by atoms with E-state index in [0.29, 0.717) is 13.0 Å². The summed E-state index contributed by atoms with van der Waals surface area (Å²) in [5.74, 6) is -2.68. The summed E-state index contributed by atoms with van der Waals surface area (Å²) in [4.78, 5) is 30.9. The predicted molar refractivity (Wildman–Crippen MR) is 96.5 cm³/mol. The molecular formula is C19H23F2N3O4. The molecule has 2 aliphatic heterocycles. The van der Waals surface area contributed by atoms with Crippen molar-refractivity contribution in [2.24, 2.45) is 10.9 Å². The van der Waals surface area contributed by atoms with Gasteiger partial charge in [-0.3, -0.25) is 15.0 Å². The highest BCUT2D eigenvalue weighted by Gasteiger charge is 2.53. The van der Waals surface area contributed by atoms with Crippen molar-refractivity contribution in [3.63, 3.8) is 0 Å². The van der Waals surface area contributed by atoms with Crippen LogP contribution in [0.25, 0.3) is 0 Å². The summed E-state index contributed by atoms with van der Waals surface area (Å²) in [5.41, 5.74) is -2.10. The monoisotopic (exact) mass is 395 g/mol. The summed E-state index contributed by atoms with van der Waals surface area (Å²) in [6.45, 7) is 5.35. The molecule has 0 radical (unpaired) electrons. The first-order chi connectivity index (χ1) is 13.0. The average Bonchev–Trinajstić information content (AvgIpc) is 2.57. The molecule has 2 heterocycles. The molecule has 2 aliphatic rings. The topological polar surface area (TPSA) is 80.2 Å². The van der Waals surface area contributed by atoms with Crippen LogP contribution in [0.5, 0.6) is 0 Å². The molecular weight excluding hydrogens is 372 g/mol. The van der Waals surface area contributed by atoms with Crippen molar-refractivity contribution in [3.8, 4) is 0 Å². The molecule has 1 saturated heterocycles. The smallest absolute Gasteiger partial charge is 0.414 e. The van der Waals surface area contributed by atoms with Crippen LogP contribution in [0.2, 0.25) is 0 Å². The number of hydrogen-bond acceptors (Lipinski definition) is 5. The maximum atomic E-state index is 14.6. The number of alkyl carbamates (subject to hydrolysis) is 1. The Balaban J connectivity index is 2.06. The van der Waals surface area contributed by atoms with Crippen LogP contribution in [0.3, 0.4) is 0 Å². The van der Waals surface area contributed by atoms with Crippen LogP contribution in [0.4, 0.5) is 13.6 Å². The molecule has 0 saturated carbocycles. The maximum absolute atomic E-state index is 14.6. The highest BCUT2D eigenvalue weighted by molar-refractivity contribution is 6.05. The van der Waals surface area contributed by atoms with Crippen molar-refractivity contribution in [3.05, 3.63) is 35.4 Å². The van der Waals surface area contributed by atoms with E-state index in [4.69, 9.17) is 9.47 Å². The van der Waals surface area contributed by atoms with Gasteiger partial charge in [0.2, 0.25) is 11.9 Å². The summed E-state index contributed by atoms with van der Waals surface area (Å²) in [6, 6.07) is 3.12. The minimum absolute atomic E-state index is 0.0449. The van der Waals surface area contributed by atoms with Crippen LogP contribution < -0.4 is 5.32 Å². The second-order valence-corrected chi connectivity index (χ2v) is 7.90. The average molecular weight is 395 g/mol. The molecule has 3 rings (SSSR count). The fourth-order valence-corrected chi connectivity index (χ4v) is 3.48. The molecule has 1 aromatic rings. The number of benzene rings is 1. The Morgan fingerprint density at radius 2 is 2.11 bits per heavy atom. The zero-order chi connectivity index (χ0) is 20.7. The number of hydrogen-bond donors (Lipinski definition) is 1. The van der Waals surface area contributed by atoms with E-state index in [0.717, 1.165) is 12.1 Å². The van der Waals surface area contributed by atoms with Gasteiger partial charge in [-0.2, -0.15) is 0 Å². The lowest BCUT2D eigenvalue weighted by Crippen LogP contribution is -2.60. The number of carbonyl (C=O) groups is 2. The number of guanidine groups is 1. The largest absolute Gasteiger partial charge is 0.444 e. The third-order valence-corrected chi connectivity index (χ3v) is 4.71. The Morgan fingerprint density at radius 1 is 1.39 bits per heavy atom. The number of carbonyl (C=O) groups excluding carboxylic acids is 2. The first-order valence-corrected chi connectivity index (χ1v) is 8.94. The maximum Gasteiger partial charge on any atom is 0.414 e. The van der Waals surface area contributed by atoms with Gasteiger partial charge in [0.15, 0.2) is 0 Å². The predicted octanol–water partition coefficient (Wildman–Crippen LogP) is 2.55. The zero-order valence-electron chi connectivity index (χ0n) is 16.2. The van der Waals surface area contributed by atoms with Crippen molar-refractivity contribution in [1.82, 2.24) is 10.2 Å². The van der Waals surface area contributed by atoms with Gasteiger partial charge in [-0.15, -0.1) is 0 Å². The van der Waals surface area contributed by atoms with Crippen LogP contribution in [-0.4, -0.2) is 48.7 Å². The van der Waals surface area contributed by atoms with Gasteiger partial charge in [-0.25, -0.2) is 18.6 Å². The molecule has 28 heavy (non-hydrogen) atoms. The lowest BCUT2D eigenvalue weighted by Gasteiger charge is -2.45. The normalized spacial score (nSPS) is 25.1. The lowest BCUT2D eigenvalue weighted by atomic mass is 9.74. The zero-order valence-corrected chi connectivity index (χ0v) is 16.2. The minimum atomic E-state index is -1.40. The number of ether oxygens (including phenoxy) is 2. The quantitative estimate of drug-likeness (QED) is 0.793. The molecule has 0 aromatic heterocycles. The van der Waals surface area contributed by atoms with Gasteiger partial charge < -0.3 is 9.47 Å². The number of aliphatic imine (C=N–C) groups is 1. The Kier molecular flexibility index (Phi) is 5.14. The van der Waals surface area contributed by atoms with E-state index in [9.17, 15) is 18.4 Å². The van der Waals surface area contributed by atoms with Crippen molar-refractivity contribution >= 4 is 18.0 Å². The standard InChI is InChI=1S/C19H23F2N3O4/c1-18(2,3)28-17(26)22-16-23-19(12-6-5-11(20)9-14(12)21)10-27-8-7-13(19)15(25)24(16)4/h5-6,9,13H,7-8,10H2,1-4H3,(H,22,23,26)/t13?,19-/m1/s1. The van der Waals surface area contributed by atoms with Crippen molar-refractivity contribution in [2.75, 3.05) is 20.3 Å². The molecule has 7 nitrogen and oxygen atoms in total. The van der Waals surface area contributed by atoms with E-state index in [-0.39, 0.29) is 24.0 Å². The van der Waals surface area contributed by atoms with Gasteiger partial charge in [-0.05, 0) is 33.3 Å². The second-order valence-electron chi connectivity index (χ2n) is 7.90. The lowest BCUT2D eigenvalue weighted by molar-refractivity contribution is -0.140. The van der Waals surface area contributed by atoms with E-state index >= 15 is 0 Å². The Bertz CT molecular complexity index is 837. The summed E-state index contributed by atoms with van der Waals surface area (Å²) < 4.78 is 38.8. The number of halogens is 2. The number of amides is 2. The third-order valence-electron chi connectivity index (χ3n) is 4.71. The third kappa shape index (κ3) is 3.71. The van der Waals surface area contributed by atoms with Crippen LogP contribution >= 0.6 is 0 Å². The molecule has 2 atom stereocenters. The van der Waals surface area contributed by atoms with E-state index < -0.39 is 34.8 Å². The molecule has 0 aliphatic carbocycles. The van der Waals surface area contributed by atoms with Gasteiger partial charge in [0.25, 0.3) is 0 Å². The molecule has 1 N–H and O–H groups in total. The molecule has 152 valence electrons. The molecule has 1 fully saturated rings. The number of nitrogens with zero attached hydrogens (tertiary/aromatic N) is 2. The molecule has 1 aromatic carbocycles. The van der Waals surface area contributed by atoms with Gasteiger partial charge in [0, 0.05) is 25.3 Å². The first-order valence-electron chi connectivity index (χ1n) is 8.94. The van der Waals surface area contributed by atoms with Crippen molar-refractivity contribution in [2.45, 2.75) is 38.3 Å². The van der Waals surface area contributed by atoms with Crippen molar-refractivity contribution in [1.29, 1.82) is 0 Å². The van der Waals surface area contributed by atoms with Gasteiger partial charge in [-0.1, -0.05) is 6.07 Å². The highest BCUT2D eigenvalue weighted by atomic mass is 19.1. The highest BCUT2D eigenvalue weighted by Crippen LogP contribution is 2.43. The fraction of sp³-hybridized carbons (Fsp3) is 0.526. The van der Waals surface area contributed by atoms with E-state index in [1.807, 2.05) is 0 Å². The molecule has 1 unspecified atom stereocenters. The van der Waals surface area contributed by atoms with Crippen LogP contribution in [-0.2, 0) is 19.8 Å². The second kappa shape index (κ2) is 7.12. The van der Waals surface area contributed by atoms with Crippen molar-refractivity contribution < 1.29 is 27.8 Å². The number of fused-ring (bicyclic) bond motifs is 1. The summed E-state index contributed by atoms with van der Waals surface area (Å²) >= 11 is 0. The Labute approximate surface area is 161 Å². The summed E-state index contributed by atoms with van der Waals surface area (Å²) in [5, 5.41) is 2.46. The van der Waals surface area contributed by atoms with Crippen LogP contribution in [0.15, 0.2) is 23.2 Å². The number of rotatable bonds is 1. The van der Waals surface area contributed by atoms with E-state index in [1.165, 1.54) is 18.0 Å². The SMILES string of the molecule is CN1C(=O)C2CCOC[C@]2(c2ccc(F)cc2F)N=C1NC(=O)OC(C)(C)C. The van der Waals surface area contributed by atoms with E-state index in [1.54, 1.807) is 20.8 Å². The minimum Gasteiger partial charge on any atom is -0.444 e. The fourth-order valence-electron chi connectivity index (χ4n) is 3.48. The Morgan fingerprint density at radius 3 is 2.75 bits per heavy atom. The number of nitrogens with one attached hydrogen (secondary N) is 1. The Hall–Kier alpha value is -2.55. The van der Waals surface area contributed by atoms with E-state index in [2.05, 4.69) is 10.3 Å². The molecule has 0 bridgehead atoms. The summed E-state index contributed by atoms with van der Waals surface area (Å²) in [7, 11) is 1.47. The van der Waals surface area contributed by atoms with Gasteiger partial charge in [0.1, 0.15) is 22.8 Å². The van der Waals surface area contributed by atoms with Crippen LogP contribution in [0.1, 0.15) is 32.8 Å². The summed E-state index contributed by atoms with van der Waals surface area (Å²) in [6.07, 6.45) is -0.473. The first kappa shape index (κ1) is 20.2.